The van der Waals surface area contributed by atoms with Crippen LogP contribution in [0.3, 0.4) is 0 Å². The number of nitrogens with two attached hydrogens (primary N) is 1. The second kappa shape index (κ2) is 6.28. The Morgan fingerprint density at radius 3 is 2.68 bits per heavy atom. The molecule has 19 heavy (non-hydrogen) atoms. The number of rotatable bonds is 3. The number of nitrogens with one attached hydrogen (secondary N) is 1. The molecule has 3 N–H and O–H groups in total. The third kappa shape index (κ3) is 3.62. The SMILES string of the molecule is CSC1CCC(NC(=O)c2cc(N)ccc2F)CC1. The van der Waals surface area contributed by atoms with Crippen molar-refractivity contribution in [3.8, 4) is 0 Å². The summed E-state index contributed by atoms with van der Waals surface area (Å²) in [5.41, 5.74) is 6.02. The summed E-state index contributed by atoms with van der Waals surface area (Å²) in [6.07, 6.45) is 6.24. The van der Waals surface area contributed by atoms with E-state index in [1.807, 2.05) is 11.8 Å². The molecule has 1 aliphatic rings. The van der Waals surface area contributed by atoms with E-state index in [0.29, 0.717) is 10.9 Å². The van der Waals surface area contributed by atoms with Gasteiger partial charge in [0.25, 0.3) is 5.91 Å². The summed E-state index contributed by atoms with van der Waals surface area (Å²) >= 11 is 1.88. The number of carbonyl (C=O) groups excluding carboxylic acids is 1. The Hall–Kier alpha value is -1.23. The van der Waals surface area contributed by atoms with Crippen molar-refractivity contribution in [3.63, 3.8) is 0 Å². The predicted molar refractivity (Wildman–Crippen MR) is 77.8 cm³/mol. The summed E-state index contributed by atoms with van der Waals surface area (Å²) in [6.45, 7) is 0. The second-order valence-corrected chi connectivity index (χ2v) is 6.06. The fraction of sp³-hybridized carbons (Fsp3) is 0.500. The smallest absolute Gasteiger partial charge is 0.254 e. The highest BCUT2D eigenvalue weighted by Gasteiger charge is 2.23. The zero-order chi connectivity index (χ0) is 13.8. The van der Waals surface area contributed by atoms with Crippen molar-refractivity contribution in [2.45, 2.75) is 37.0 Å². The van der Waals surface area contributed by atoms with Gasteiger partial charge in [-0.25, -0.2) is 4.39 Å². The number of nitrogen functional groups attached to an aromatic ring is 1. The van der Waals surface area contributed by atoms with E-state index in [2.05, 4.69) is 11.6 Å². The molecule has 104 valence electrons. The number of hydrogen-bond donors (Lipinski definition) is 2. The summed E-state index contributed by atoms with van der Waals surface area (Å²) in [6, 6.07) is 4.22. The first-order valence-electron chi connectivity index (χ1n) is 6.49. The minimum Gasteiger partial charge on any atom is -0.399 e. The van der Waals surface area contributed by atoms with Crippen molar-refractivity contribution < 1.29 is 9.18 Å². The van der Waals surface area contributed by atoms with Gasteiger partial charge in [0.05, 0.1) is 5.56 Å². The lowest BCUT2D eigenvalue weighted by Crippen LogP contribution is -2.38. The Kier molecular flexibility index (Phi) is 4.69. The zero-order valence-electron chi connectivity index (χ0n) is 11.0. The molecule has 3 nitrogen and oxygen atoms in total. The van der Waals surface area contributed by atoms with Gasteiger partial charge in [-0.2, -0.15) is 11.8 Å². The van der Waals surface area contributed by atoms with Crippen LogP contribution in [0.2, 0.25) is 0 Å². The van der Waals surface area contributed by atoms with E-state index >= 15 is 0 Å². The van der Waals surface area contributed by atoms with Crippen LogP contribution in [-0.2, 0) is 0 Å². The fourth-order valence-electron chi connectivity index (χ4n) is 2.42. The van der Waals surface area contributed by atoms with Crippen LogP contribution in [0.5, 0.6) is 0 Å². The van der Waals surface area contributed by atoms with Gasteiger partial charge in [0, 0.05) is 17.0 Å². The lowest BCUT2D eigenvalue weighted by atomic mass is 9.94. The van der Waals surface area contributed by atoms with Gasteiger partial charge in [-0.15, -0.1) is 0 Å². The molecule has 0 unspecified atom stereocenters. The molecule has 1 amide bonds. The first kappa shape index (κ1) is 14.2. The fourth-order valence-corrected chi connectivity index (χ4v) is 3.17. The molecule has 0 aliphatic heterocycles. The Labute approximate surface area is 117 Å². The quantitative estimate of drug-likeness (QED) is 0.838. The number of amides is 1. The summed E-state index contributed by atoms with van der Waals surface area (Å²) in [4.78, 5) is 12.0. The van der Waals surface area contributed by atoms with Crippen LogP contribution in [0.15, 0.2) is 18.2 Å². The molecule has 0 radical (unpaired) electrons. The highest BCUT2D eigenvalue weighted by Crippen LogP contribution is 2.27. The van der Waals surface area contributed by atoms with Crippen LogP contribution in [0.1, 0.15) is 36.0 Å². The van der Waals surface area contributed by atoms with E-state index in [-0.39, 0.29) is 17.5 Å². The van der Waals surface area contributed by atoms with E-state index in [1.54, 1.807) is 0 Å². The zero-order valence-corrected chi connectivity index (χ0v) is 11.8. The van der Waals surface area contributed by atoms with Gasteiger partial charge in [0.15, 0.2) is 0 Å². The average Bonchev–Trinajstić information content (AvgIpc) is 2.42. The minimum atomic E-state index is -0.524. The van der Waals surface area contributed by atoms with Crippen LogP contribution in [0.25, 0.3) is 0 Å². The summed E-state index contributed by atoms with van der Waals surface area (Å²) < 4.78 is 13.6. The molecule has 0 spiro atoms. The molecule has 2 rings (SSSR count). The highest BCUT2D eigenvalue weighted by molar-refractivity contribution is 7.99. The van der Waals surface area contributed by atoms with Crippen molar-refractivity contribution in [2.75, 3.05) is 12.0 Å². The minimum absolute atomic E-state index is 0.0342. The molecule has 0 saturated heterocycles. The number of carbonyl (C=O) groups is 1. The monoisotopic (exact) mass is 282 g/mol. The average molecular weight is 282 g/mol. The Morgan fingerprint density at radius 2 is 2.05 bits per heavy atom. The Bertz CT molecular complexity index is 459. The molecule has 1 aromatic carbocycles. The largest absolute Gasteiger partial charge is 0.399 e. The summed E-state index contributed by atoms with van der Waals surface area (Å²) in [5, 5.41) is 3.60. The van der Waals surface area contributed by atoms with Gasteiger partial charge >= 0.3 is 0 Å². The van der Waals surface area contributed by atoms with Crippen LogP contribution < -0.4 is 11.1 Å². The summed E-state index contributed by atoms with van der Waals surface area (Å²) in [7, 11) is 0. The maximum absolute atomic E-state index is 13.6. The Balaban J connectivity index is 1.96. The number of benzene rings is 1. The molecule has 0 bridgehead atoms. The molecular formula is C14H19FN2OS. The lowest BCUT2D eigenvalue weighted by molar-refractivity contribution is 0.0924. The number of hydrogen-bond acceptors (Lipinski definition) is 3. The van der Waals surface area contributed by atoms with Crippen LogP contribution in [0.4, 0.5) is 10.1 Å². The van der Waals surface area contributed by atoms with Crippen molar-refractivity contribution in [3.05, 3.63) is 29.6 Å². The van der Waals surface area contributed by atoms with Gasteiger partial charge in [-0.3, -0.25) is 4.79 Å². The molecular weight excluding hydrogens is 263 g/mol. The first-order chi connectivity index (χ1) is 9.10. The molecule has 0 aromatic heterocycles. The molecule has 0 atom stereocenters. The van der Waals surface area contributed by atoms with Gasteiger partial charge in [0.2, 0.25) is 0 Å². The van der Waals surface area contributed by atoms with Crippen molar-refractivity contribution >= 4 is 23.4 Å². The van der Waals surface area contributed by atoms with Gasteiger partial charge in [0.1, 0.15) is 5.82 Å². The second-order valence-electron chi connectivity index (χ2n) is 4.92. The molecule has 1 aliphatic carbocycles. The van der Waals surface area contributed by atoms with Crippen LogP contribution in [-0.4, -0.2) is 23.5 Å². The standard InChI is InChI=1S/C14H19FN2OS/c1-19-11-5-3-10(4-6-11)17-14(18)12-8-9(16)2-7-13(12)15/h2,7-8,10-11H,3-6,16H2,1H3,(H,17,18). The predicted octanol–water partition coefficient (Wildman–Crippen LogP) is 2.81. The molecule has 0 heterocycles. The third-order valence-electron chi connectivity index (χ3n) is 3.58. The van der Waals surface area contributed by atoms with E-state index < -0.39 is 5.82 Å². The number of halogens is 1. The first-order valence-corrected chi connectivity index (χ1v) is 7.77. The van der Waals surface area contributed by atoms with Gasteiger partial charge in [-0.1, -0.05) is 0 Å². The Morgan fingerprint density at radius 1 is 1.37 bits per heavy atom. The molecule has 5 heteroatoms. The maximum atomic E-state index is 13.6. The van der Waals surface area contributed by atoms with Crippen molar-refractivity contribution in [2.24, 2.45) is 0 Å². The number of thioether (sulfide) groups is 1. The third-order valence-corrected chi connectivity index (χ3v) is 4.72. The van der Waals surface area contributed by atoms with Crippen LogP contribution in [0, 0.1) is 5.82 Å². The van der Waals surface area contributed by atoms with E-state index in [4.69, 9.17) is 5.73 Å². The van der Waals surface area contributed by atoms with Gasteiger partial charge in [-0.05, 0) is 50.1 Å². The molecule has 1 aromatic rings. The van der Waals surface area contributed by atoms with E-state index in [0.717, 1.165) is 25.7 Å². The van der Waals surface area contributed by atoms with E-state index in [1.165, 1.54) is 18.2 Å². The highest BCUT2D eigenvalue weighted by atomic mass is 32.2. The van der Waals surface area contributed by atoms with E-state index in [9.17, 15) is 9.18 Å². The van der Waals surface area contributed by atoms with Crippen molar-refractivity contribution in [1.82, 2.24) is 5.32 Å². The maximum Gasteiger partial charge on any atom is 0.254 e. The normalized spacial score (nSPS) is 23.1. The number of anilines is 1. The van der Waals surface area contributed by atoms with Crippen LogP contribution >= 0.6 is 11.8 Å². The van der Waals surface area contributed by atoms with Crippen molar-refractivity contribution in [1.29, 1.82) is 0 Å². The molecule has 1 saturated carbocycles. The lowest BCUT2D eigenvalue weighted by Gasteiger charge is -2.28. The topological polar surface area (TPSA) is 55.1 Å². The summed E-state index contributed by atoms with van der Waals surface area (Å²) in [5.74, 6) is -0.887. The van der Waals surface area contributed by atoms with Gasteiger partial charge < -0.3 is 11.1 Å². The molecule has 1 fully saturated rings.